The Kier molecular flexibility index (Phi) is 17.0. The number of anilines is 1. The van der Waals surface area contributed by atoms with Gasteiger partial charge in [0, 0.05) is 92.0 Å². The number of likely N-dealkylation sites (tertiary alicyclic amines) is 1. The number of carbonyl (C=O) groups excluding carboxylic acids is 3. The first-order valence-corrected chi connectivity index (χ1v) is 32.0. The van der Waals surface area contributed by atoms with E-state index in [1.54, 1.807) is 23.8 Å². The van der Waals surface area contributed by atoms with Crippen LogP contribution in [0, 0.1) is 11.3 Å². The van der Waals surface area contributed by atoms with E-state index in [-0.39, 0.29) is 54.6 Å². The van der Waals surface area contributed by atoms with Gasteiger partial charge in [0.05, 0.1) is 40.4 Å². The SMILES string of the molecule is COc1ccc([C@]2(CCN(Cc3ccc(C4=CC[C@@H](CN5CCN(C(=O)c6ccc7c8c6NCCn8c(=O)n7C6CCC(=O)N(COCC[Si](C)(C)C)C6=O)CC5)CC4)cc3)CC(C)(C)C(F)(F)F)CCOC(C)(C)C2)cc1. The minimum absolute atomic E-state index is 0.0972. The molecule has 0 bridgehead atoms. The number of benzene rings is 3. The number of hydrogen-bond donors (Lipinski definition) is 1. The molecule has 3 atom stereocenters. The largest absolute Gasteiger partial charge is 0.497 e. The van der Waals surface area contributed by atoms with Gasteiger partial charge in [-0.05, 0) is 138 Å². The molecule has 3 amide bonds. The predicted octanol–water partition coefficient (Wildman–Crippen LogP) is 10.2. The number of piperazine rings is 1. The fraction of sp³-hybridized carbons (Fsp3) is 0.600. The number of nitrogens with zero attached hydrogens (tertiary/aromatic N) is 6. The minimum Gasteiger partial charge on any atom is -0.497 e. The number of aromatic nitrogens is 2. The molecule has 5 aliphatic rings. The summed E-state index contributed by atoms with van der Waals surface area (Å²) in [6, 6.07) is 20.1. The van der Waals surface area contributed by atoms with Crippen molar-refractivity contribution in [2.75, 3.05) is 84.7 Å². The minimum atomic E-state index is -4.35. The van der Waals surface area contributed by atoms with E-state index in [4.69, 9.17) is 14.2 Å². The Balaban J connectivity index is 0.799. The zero-order valence-corrected chi connectivity index (χ0v) is 48.2. The maximum Gasteiger partial charge on any atom is 0.395 e. The molecule has 3 saturated heterocycles. The molecule has 0 saturated carbocycles. The summed E-state index contributed by atoms with van der Waals surface area (Å²) in [4.78, 5) is 62.7. The fourth-order valence-electron chi connectivity index (χ4n) is 12.6. The van der Waals surface area contributed by atoms with E-state index in [1.807, 2.05) is 21.9 Å². The van der Waals surface area contributed by atoms with Gasteiger partial charge in [0.1, 0.15) is 18.5 Å². The maximum atomic E-state index is 14.5. The quantitative estimate of drug-likeness (QED) is 0.0550. The van der Waals surface area contributed by atoms with E-state index in [2.05, 4.69) is 86.2 Å². The van der Waals surface area contributed by atoms with Gasteiger partial charge >= 0.3 is 11.9 Å². The van der Waals surface area contributed by atoms with E-state index in [1.165, 1.54) is 24.0 Å². The number of imidazole rings is 1. The zero-order valence-electron chi connectivity index (χ0n) is 47.2. The predicted molar refractivity (Wildman–Crippen MR) is 302 cm³/mol. The highest BCUT2D eigenvalue weighted by Crippen LogP contribution is 2.46. The molecular formula is C60H82F3N7O7Si. The summed E-state index contributed by atoms with van der Waals surface area (Å²) >= 11 is 0. The molecule has 9 rings (SSSR count). The van der Waals surface area contributed by atoms with Crippen molar-refractivity contribution in [1.29, 1.82) is 0 Å². The lowest BCUT2D eigenvalue weighted by molar-refractivity contribution is -0.217. The van der Waals surface area contributed by atoms with E-state index >= 15 is 0 Å². The number of imide groups is 1. The highest BCUT2D eigenvalue weighted by Gasteiger charge is 2.49. The molecule has 5 heterocycles. The number of piperidine rings is 1. The van der Waals surface area contributed by atoms with E-state index in [9.17, 15) is 32.3 Å². The van der Waals surface area contributed by atoms with Gasteiger partial charge in [0.2, 0.25) is 5.91 Å². The smallest absolute Gasteiger partial charge is 0.395 e. The van der Waals surface area contributed by atoms with Crippen molar-refractivity contribution in [2.24, 2.45) is 11.3 Å². The third-order valence-electron chi connectivity index (χ3n) is 17.3. The van der Waals surface area contributed by atoms with Crippen LogP contribution in [0.2, 0.25) is 25.7 Å². The van der Waals surface area contributed by atoms with Crippen LogP contribution in [0.5, 0.6) is 5.75 Å². The molecule has 78 heavy (non-hydrogen) atoms. The Morgan fingerprint density at radius 1 is 0.923 bits per heavy atom. The van der Waals surface area contributed by atoms with Gasteiger partial charge in [-0.15, -0.1) is 0 Å². The van der Waals surface area contributed by atoms with Gasteiger partial charge in [0.15, 0.2) is 0 Å². The molecule has 1 unspecified atom stereocenters. The number of ether oxygens (including phenoxy) is 3. The molecule has 3 fully saturated rings. The lowest BCUT2D eigenvalue weighted by Crippen LogP contribution is -2.50. The number of methoxy groups -OCH3 is 1. The number of halogens is 3. The Morgan fingerprint density at radius 2 is 1.65 bits per heavy atom. The molecule has 1 N–H and O–H groups in total. The molecule has 4 aromatic rings. The summed E-state index contributed by atoms with van der Waals surface area (Å²) in [6.45, 7) is 19.7. The van der Waals surface area contributed by atoms with Gasteiger partial charge in [-0.1, -0.05) is 62.1 Å². The Bertz CT molecular complexity index is 2900. The van der Waals surface area contributed by atoms with Gasteiger partial charge in [0.25, 0.3) is 11.8 Å². The van der Waals surface area contributed by atoms with Crippen LogP contribution in [0.4, 0.5) is 18.9 Å². The fourth-order valence-corrected chi connectivity index (χ4v) is 13.4. The molecule has 0 radical (unpaired) electrons. The van der Waals surface area contributed by atoms with Crippen LogP contribution in [0.1, 0.15) is 112 Å². The number of allylic oxidation sites excluding steroid dienone is 2. The van der Waals surface area contributed by atoms with Crippen LogP contribution in [-0.2, 0) is 37.6 Å². The van der Waals surface area contributed by atoms with Gasteiger partial charge in [-0.3, -0.25) is 38.2 Å². The lowest BCUT2D eigenvalue weighted by atomic mass is 9.67. The van der Waals surface area contributed by atoms with Crippen LogP contribution < -0.4 is 15.7 Å². The summed E-state index contributed by atoms with van der Waals surface area (Å²) in [5.41, 5.74) is 4.01. The van der Waals surface area contributed by atoms with Crippen LogP contribution in [0.3, 0.4) is 0 Å². The number of carbonyl (C=O) groups is 3. The average Bonchev–Trinajstić information content (AvgIpc) is 3.68. The average molecular weight is 1100 g/mol. The molecule has 18 heteroatoms. The normalized spacial score (nSPS) is 22.5. The van der Waals surface area contributed by atoms with Crippen molar-refractivity contribution in [1.82, 2.24) is 28.7 Å². The summed E-state index contributed by atoms with van der Waals surface area (Å²) < 4.78 is 64.0. The van der Waals surface area contributed by atoms with Crippen molar-refractivity contribution < 1.29 is 41.8 Å². The number of hydrogen-bond acceptors (Lipinski definition) is 10. The van der Waals surface area contributed by atoms with Gasteiger partial charge in [-0.2, -0.15) is 13.2 Å². The molecular weight excluding hydrogens is 1020 g/mol. The number of alkyl halides is 3. The first-order valence-electron chi connectivity index (χ1n) is 28.3. The van der Waals surface area contributed by atoms with E-state index in [0.29, 0.717) is 87.1 Å². The number of nitrogens with one attached hydrogen (secondary N) is 1. The molecule has 3 aromatic carbocycles. The Morgan fingerprint density at radius 3 is 2.31 bits per heavy atom. The maximum absolute atomic E-state index is 14.5. The lowest BCUT2D eigenvalue weighted by Gasteiger charge is -2.46. The van der Waals surface area contributed by atoms with Crippen LogP contribution >= 0.6 is 0 Å². The van der Waals surface area contributed by atoms with Crippen LogP contribution in [0.15, 0.2) is 71.5 Å². The van der Waals surface area contributed by atoms with Crippen molar-refractivity contribution in [3.05, 3.63) is 99.5 Å². The summed E-state index contributed by atoms with van der Waals surface area (Å²) in [6.07, 6.45) is 3.50. The molecule has 14 nitrogen and oxygen atoms in total. The molecule has 0 spiro atoms. The Labute approximate surface area is 459 Å². The molecule has 1 aliphatic carbocycles. The summed E-state index contributed by atoms with van der Waals surface area (Å²) in [5.74, 6) is 0.404. The molecule has 424 valence electrons. The van der Waals surface area contributed by atoms with Gasteiger partial charge in [-0.25, -0.2) is 4.79 Å². The summed E-state index contributed by atoms with van der Waals surface area (Å²) in [7, 11) is 0.271. The van der Waals surface area contributed by atoms with E-state index < -0.39 is 31.6 Å². The second-order valence-corrected chi connectivity index (χ2v) is 30.8. The van der Waals surface area contributed by atoms with Crippen molar-refractivity contribution >= 4 is 48.1 Å². The van der Waals surface area contributed by atoms with Crippen molar-refractivity contribution in [3.8, 4) is 5.75 Å². The highest BCUT2D eigenvalue weighted by atomic mass is 28.3. The second kappa shape index (κ2) is 23.1. The molecule has 4 aliphatic heterocycles. The molecule has 1 aromatic heterocycles. The van der Waals surface area contributed by atoms with Crippen LogP contribution in [-0.4, -0.2) is 146 Å². The van der Waals surface area contributed by atoms with Crippen molar-refractivity contribution in [3.63, 3.8) is 0 Å². The second-order valence-electron chi connectivity index (χ2n) is 25.2. The number of amides is 3. The van der Waals surface area contributed by atoms with E-state index in [0.717, 1.165) is 85.1 Å². The zero-order chi connectivity index (χ0) is 55.8. The number of rotatable bonds is 19. The first-order chi connectivity index (χ1) is 36.9. The van der Waals surface area contributed by atoms with Crippen LogP contribution in [0.25, 0.3) is 16.6 Å². The summed E-state index contributed by atoms with van der Waals surface area (Å²) in [5, 5.41) is 3.41. The Hall–Kier alpha value is -5.27. The highest BCUT2D eigenvalue weighted by molar-refractivity contribution is 6.76. The third kappa shape index (κ3) is 12.7. The van der Waals surface area contributed by atoms with Crippen molar-refractivity contribution in [2.45, 2.75) is 141 Å². The standard InChI is InChI=1S/C60H82F3N7O7Si/c1-57(2,60(61,62)63)40-66(28-25-59(26-34-77-58(3,4)39-59)46-17-19-47(75-5)20-18-46)38-43-11-15-45(16-12-43)44-13-9-42(10-14-44)37-65-30-32-67(33-31-65)54(72)48-21-22-49-53-52(48)64-27-29-68(53)56(74)70(49)50-23-24-51(71)69(55(50)73)41-76-35-36-78(6,7)8/h11-13,15-22,42,50,64H,9-10,14,23-41H2,1-8H3/t42-,50?,59-/m1/s1. The topological polar surface area (TPSA) is 131 Å². The third-order valence-corrected chi connectivity index (χ3v) is 19.0. The van der Waals surface area contributed by atoms with Gasteiger partial charge < -0.3 is 24.4 Å². The monoisotopic (exact) mass is 1100 g/mol. The first kappa shape index (κ1) is 57.4.